The first kappa shape index (κ1) is 17.4. The molecule has 1 aromatic heterocycles. The Kier molecular flexibility index (Phi) is 6.80. The molecule has 0 radical (unpaired) electrons. The second-order valence-corrected chi connectivity index (χ2v) is 7.29. The lowest BCUT2D eigenvalue weighted by Crippen LogP contribution is -2.42. The highest BCUT2D eigenvalue weighted by atomic mass is 16.3. The van der Waals surface area contributed by atoms with Crippen molar-refractivity contribution in [3.63, 3.8) is 0 Å². The third-order valence-corrected chi connectivity index (χ3v) is 4.63. The quantitative estimate of drug-likeness (QED) is 0.724. The first-order valence-electron chi connectivity index (χ1n) is 8.54. The molecule has 2 heterocycles. The first-order chi connectivity index (χ1) is 10.6. The molecular weight excluding hydrogens is 274 g/mol. The fraction of sp³-hybridized carbons (Fsp3) is 0.722. The highest BCUT2D eigenvalue weighted by molar-refractivity contribution is 5.09. The summed E-state index contributed by atoms with van der Waals surface area (Å²) in [5, 5.41) is 12.9. The van der Waals surface area contributed by atoms with Gasteiger partial charge in [0.15, 0.2) is 0 Å². The summed E-state index contributed by atoms with van der Waals surface area (Å²) in [5.41, 5.74) is 1.42. The van der Waals surface area contributed by atoms with Crippen molar-refractivity contribution in [3.8, 4) is 0 Å². The minimum Gasteiger partial charge on any atom is -0.396 e. The fourth-order valence-corrected chi connectivity index (χ4v) is 2.99. The van der Waals surface area contributed by atoms with E-state index < -0.39 is 0 Å². The van der Waals surface area contributed by atoms with Crippen LogP contribution in [0.15, 0.2) is 24.5 Å². The number of aliphatic hydroxyl groups is 1. The van der Waals surface area contributed by atoms with Gasteiger partial charge in [-0.15, -0.1) is 0 Å². The van der Waals surface area contributed by atoms with Gasteiger partial charge in [0.1, 0.15) is 0 Å². The Balaban J connectivity index is 1.59. The smallest absolute Gasteiger partial charge is 0.0482 e. The van der Waals surface area contributed by atoms with Gasteiger partial charge in [0.2, 0.25) is 0 Å². The van der Waals surface area contributed by atoms with E-state index in [2.05, 4.69) is 41.2 Å². The Morgan fingerprint density at radius 1 is 1.27 bits per heavy atom. The Bertz CT molecular complexity index is 414. The van der Waals surface area contributed by atoms with Crippen molar-refractivity contribution in [2.45, 2.75) is 52.1 Å². The molecule has 124 valence electrons. The molecule has 0 aromatic carbocycles. The van der Waals surface area contributed by atoms with Gasteiger partial charge in [-0.25, -0.2) is 0 Å². The Morgan fingerprint density at radius 3 is 2.59 bits per heavy atom. The molecule has 1 saturated heterocycles. The average molecular weight is 305 g/mol. The van der Waals surface area contributed by atoms with Crippen molar-refractivity contribution in [2.75, 3.05) is 26.2 Å². The maximum Gasteiger partial charge on any atom is 0.0482 e. The Labute approximate surface area is 134 Å². The highest BCUT2D eigenvalue weighted by Gasteiger charge is 2.19. The zero-order chi connectivity index (χ0) is 15.8. The van der Waals surface area contributed by atoms with Crippen molar-refractivity contribution in [1.82, 2.24) is 15.2 Å². The first-order valence-corrected chi connectivity index (χ1v) is 8.54. The molecule has 0 spiro atoms. The van der Waals surface area contributed by atoms with Crippen LogP contribution in [0.5, 0.6) is 0 Å². The predicted molar refractivity (Wildman–Crippen MR) is 90.6 cm³/mol. The number of rotatable bonds is 8. The lowest BCUT2D eigenvalue weighted by molar-refractivity contribution is 0.146. The van der Waals surface area contributed by atoms with Gasteiger partial charge in [0.05, 0.1) is 0 Å². The topological polar surface area (TPSA) is 48.4 Å². The second-order valence-electron chi connectivity index (χ2n) is 7.29. The summed E-state index contributed by atoms with van der Waals surface area (Å²) in [6, 6.07) is 4.87. The van der Waals surface area contributed by atoms with Crippen molar-refractivity contribution in [3.05, 3.63) is 30.1 Å². The van der Waals surface area contributed by atoms with Crippen LogP contribution in [-0.4, -0.2) is 47.3 Å². The molecule has 2 N–H and O–H groups in total. The van der Waals surface area contributed by atoms with Crippen molar-refractivity contribution < 1.29 is 5.11 Å². The van der Waals surface area contributed by atoms with E-state index in [1.165, 1.54) is 31.5 Å². The molecule has 0 saturated carbocycles. The van der Waals surface area contributed by atoms with Gasteiger partial charge in [0, 0.05) is 31.6 Å². The van der Waals surface area contributed by atoms with Crippen LogP contribution in [0.3, 0.4) is 0 Å². The molecule has 1 aromatic rings. The summed E-state index contributed by atoms with van der Waals surface area (Å²) >= 11 is 0. The summed E-state index contributed by atoms with van der Waals surface area (Å²) in [6.07, 6.45) is 8.43. The number of hydrogen-bond acceptors (Lipinski definition) is 4. The fourth-order valence-electron chi connectivity index (χ4n) is 2.99. The lowest BCUT2D eigenvalue weighted by atomic mass is 9.89. The van der Waals surface area contributed by atoms with Crippen LogP contribution in [0.2, 0.25) is 0 Å². The zero-order valence-corrected chi connectivity index (χ0v) is 14.1. The number of aliphatic hydroxyl groups excluding tert-OH is 1. The molecule has 0 unspecified atom stereocenters. The van der Waals surface area contributed by atoms with E-state index >= 15 is 0 Å². The molecule has 1 fully saturated rings. The second kappa shape index (κ2) is 8.61. The van der Waals surface area contributed by atoms with Crippen LogP contribution >= 0.6 is 0 Å². The number of likely N-dealkylation sites (tertiary alicyclic amines) is 1. The number of piperidine rings is 1. The van der Waals surface area contributed by atoms with Crippen LogP contribution in [0.25, 0.3) is 0 Å². The molecule has 0 amide bonds. The molecule has 1 aliphatic heterocycles. The molecule has 1 aliphatic rings. The third-order valence-electron chi connectivity index (χ3n) is 4.63. The molecule has 0 atom stereocenters. The Hall–Kier alpha value is -0.970. The van der Waals surface area contributed by atoms with Gasteiger partial charge in [0.25, 0.3) is 0 Å². The number of pyridine rings is 1. The minimum absolute atomic E-state index is 0.0651. The minimum atomic E-state index is 0.0651. The molecule has 0 aliphatic carbocycles. The number of nitrogens with one attached hydrogen (secondary N) is 1. The van der Waals surface area contributed by atoms with E-state index in [4.69, 9.17) is 0 Å². The van der Waals surface area contributed by atoms with Crippen LogP contribution in [0.1, 0.15) is 45.1 Å². The summed E-state index contributed by atoms with van der Waals surface area (Å²) in [5.74, 6) is 0. The van der Waals surface area contributed by atoms with Gasteiger partial charge in [-0.3, -0.25) is 9.88 Å². The van der Waals surface area contributed by atoms with Crippen molar-refractivity contribution in [1.29, 1.82) is 0 Å². The van der Waals surface area contributed by atoms with E-state index in [1.807, 2.05) is 12.4 Å². The van der Waals surface area contributed by atoms with Gasteiger partial charge < -0.3 is 10.4 Å². The van der Waals surface area contributed by atoms with Crippen molar-refractivity contribution >= 4 is 0 Å². The predicted octanol–water partition coefficient (Wildman–Crippen LogP) is 2.43. The van der Waals surface area contributed by atoms with Crippen LogP contribution in [-0.2, 0) is 6.54 Å². The molecule has 2 rings (SSSR count). The number of hydrogen-bond donors (Lipinski definition) is 2. The molecule has 4 nitrogen and oxygen atoms in total. The van der Waals surface area contributed by atoms with Gasteiger partial charge in [-0.2, -0.15) is 0 Å². The number of aromatic nitrogens is 1. The Morgan fingerprint density at radius 2 is 1.95 bits per heavy atom. The summed E-state index contributed by atoms with van der Waals surface area (Å²) < 4.78 is 0. The molecule has 0 bridgehead atoms. The van der Waals surface area contributed by atoms with Gasteiger partial charge >= 0.3 is 0 Å². The summed E-state index contributed by atoms with van der Waals surface area (Å²) in [4.78, 5) is 6.60. The molecular formula is C18H31N3O. The van der Waals surface area contributed by atoms with Crippen LogP contribution < -0.4 is 5.32 Å². The van der Waals surface area contributed by atoms with E-state index in [0.29, 0.717) is 6.04 Å². The monoisotopic (exact) mass is 305 g/mol. The van der Waals surface area contributed by atoms with E-state index in [1.54, 1.807) is 0 Å². The lowest BCUT2D eigenvalue weighted by Gasteiger charge is -2.32. The maximum atomic E-state index is 9.26. The number of nitrogens with zero attached hydrogens (tertiary/aromatic N) is 2. The normalized spacial score (nSPS) is 17.8. The summed E-state index contributed by atoms with van der Waals surface area (Å²) in [7, 11) is 0. The van der Waals surface area contributed by atoms with Gasteiger partial charge in [-0.05, 0) is 68.4 Å². The largest absolute Gasteiger partial charge is 0.396 e. The standard InChI is InChI=1S/C18H31N3O/c1-18(2,15-22)8-3-9-20-17-6-12-21(13-7-17)14-16-4-10-19-11-5-16/h4-5,10-11,17,20,22H,3,6-9,12-15H2,1-2H3. The summed E-state index contributed by atoms with van der Waals surface area (Å²) in [6.45, 7) is 8.98. The molecule has 4 heteroatoms. The third kappa shape index (κ3) is 6.03. The van der Waals surface area contributed by atoms with Crippen LogP contribution in [0, 0.1) is 5.41 Å². The van der Waals surface area contributed by atoms with E-state index in [9.17, 15) is 5.11 Å². The average Bonchev–Trinajstić information content (AvgIpc) is 2.54. The van der Waals surface area contributed by atoms with E-state index in [-0.39, 0.29) is 12.0 Å². The highest BCUT2D eigenvalue weighted by Crippen LogP contribution is 2.20. The van der Waals surface area contributed by atoms with E-state index in [0.717, 1.165) is 25.9 Å². The SMILES string of the molecule is CC(C)(CO)CCCNC1CCN(Cc2ccncc2)CC1. The van der Waals surface area contributed by atoms with Gasteiger partial charge in [-0.1, -0.05) is 13.8 Å². The molecule has 22 heavy (non-hydrogen) atoms. The maximum absolute atomic E-state index is 9.26. The zero-order valence-electron chi connectivity index (χ0n) is 14.1. The van der Waals surface area contributed by atoms with Crippen LogP contribution in [0.4, 0.5) is 0 Å². The van der Waals surface area contributed by atoms with Crippen molar-refractivity contribution in [2.24, 2.45) is 5.41 Å².